The Morgan fingerprint density at radius 3 is 2.50 bits per heavy atom. The van der Waals surface area contributed by atoms with Gasteiger partial charge in [0.15, 0.2) is 0 Å². The number of hydrogen-bond donors (Lipinski definition) is 1. The third kappa shape index (κ3) is 3.31. The molecule has 1 saturated heterocycles. The molecular formula is C14H24N2. The Morgan fingerprint density at radius 2 is 2.06 bits per heavy atom. The summed E-state index contributed by atoms with van der Waals surface area (Å²) in [6.45, 7) is 9.54. The summed E-state index contributed by atoms with van der Waals surface area (Å²) in [4.78, 5) is 4.52. The Balaban J connectivity index is 0.000000606. The Kier molecular flexibility index (Phi) is 5.47. The van der Waals surface area contributed by atoms with E-state index in [2.05, 4.69) is 36.3 Å². The van der Waals surface area contributed by atoms with Gasteiger partial charge < -0.3 is 5.32 Å². The lowest BCUT2D eigenvalue weighted by molar-refractivity contribution is 0.626. The first-order valence-corrected chi connectivity index (χ1v) is 6.46. The van der Waals surface area contributed by atoms with Gasteiger partial charge in [0.05, 0.1) is 5.69 Å². The standard InChI is InChI=1S/C12H18N2.C2H6/c1-9(2)10-5-6-12(14-8-10)11-4-3-7-13-11;1-2/h5-6,8-9,11,13H,3-4,7H2,1-2H3;1-2H3. The van der Waals surface area contributed by atoms with E-state index in [0.29, 0.717) is 12.0 Å². The van der Waals surface area contributed by atoms with Crippen LogP contribution >= 0.6 is 0 Å². The SMILES string of the molecule is CC.CC(C)c1ccc(C2CCCN2)nc1. The van der Waals surface area contributed by atoms with Crippen molar-refractivity contribution in [2.45, 2.75) is 52.5 Å². The number of aromatic nitrogens is 1. The molecule has 0 amide bonds. The molecule has 0 radical (unpaired) electrons. The van der Waals surface area contributed by atoms with Crippen LogP contribution in [0, 0.1) is 0 Å². The normalized spacial score (nSPS) is 19.4. The fraction of sp³-hybridized carbons (Fsp3) is 0.643. The molecule has 1 unspecified atom stereocenters. The van der Waals surface area contributed by atoms with E-state index >= 15 is 0 Å². The van der Waals surface area contributed by atoms with Crippen LogP contribution in [0.3, 0.4) is 0 Å². The number of rotatable bonds is 2. The van der Waals surface area contributed by atoms with Crippen LogP contribution in [0.25, 0.3) is 0 Å². The van der Waals surface area contributed by atoms with E-state index in [0.717, 1.165) is 6.54 Å². The summed E-state index contributed by atoms with van der Waals surface area (Å²) in [7, 11) is 0. The summed E-state index contributed by atoms with van der Waals surface area (Å²) < 4.78 is 0. The fourth-order valence-electron chi connectivity index (χ4n) is 1.90. The van der Waals surface area contributed by atoms with Crippen LogP contribution in [0.5, 0.6) is 0 Å². The molecule has 2 nitrogen and oxygen atoms in total. The average Bonchev–Trinajstić information content (AvgIpc) is 2.85. The molecule has 1 aromatic heterocycles. The van der Waals surface area contributed by atoms with Crippen molar-refractivity contribution in [1.82, 2.24) is 10.3 Å². The zero-order valence-corrected chi connectivity index (χ0v) is 11.0. The Morgan fingerprint density at radius 1 is 1.31 bits per heavy atom. The molecule has 2 heterocycles. The van der Waals surface area contributed by atoms with E-state index in [4.69, 9.17) is 0 Å². The summed E-state index contributed by atoms with van der Waals surface area (Å²) in [6.07, 6.45) is 4.52. The van der Waals surface area contributed by atoms with Crippen LogP contribution in [0.2, 0.25) is 0 Å². The Bertz CT molecular complexity index is 284. The maximum Gasteiger partial charge on any atom is 0.0573 e. The summed E-state index contributed by atoms with van der Waals surface area (Å²) in [5.74, 6) is 0.577. The molecule has 0 spiro atoms. The second kappa shape index (κ2) is 6.64. The van der Waals surface area contributed by atoms with Gasteiger partial charge in [-0.15, -0.1) is 0 Å². The minimum Gasteiger partial charge on any atom is -0.309 e. The molecule has 90 valence electrons. The van der Waals surface area contributed by atoms with Crippen LogP contribution in [-0.2, 0) is 0 Å². The highest BCUT2D eigenvalue weighted by molar-refractivity contribution is 5.19. The van der Waals surface area contributed by atoms with E-state index in [-0.39, 0.29) is 0 Å². The lowest BCUT2D eigenvalue weighted by Crippen LogP contribution is -2.14. The molecule has 0 aliphatic carbocycles. The smallest absolute Gasteiger partial charge is 0.0573 e. The predicted octanol–water partition coefficient (Wildman–Crippen LogP) is 3.66. The molecule has 1 atom stereocenters. The van der Waals surface area contributed by atoms with Crippen molar-refractivity contribution in [3.8, 4) is 0 Å². The van der Waals surface area contributed by atoms with Gasteiger partial charge in [-0.3, -0.25) is 4.98 Å². The van der Waals surface area contributed by atoms with Gasteiger partial charge in [-0.1, -0.05) is 33.8 Å². The molecule has 0 aromatic carbocycles. The monoisotopic (exact) mass is 220 g/mol. The maximum absolute atomic E-state index is 4.52. The molecule has 1 aliphatic rings. The van der Waals surface area contributed by atoms with E-state index in [1.165, 1.54) is 24.1 Å². The summed E-state index contributed by atoms with van der Waals surface area (Å²) in [5.41, 5.74) is 2.53. The first kappa shape index (κ1) is 13.2. The minimum atomic E-state index is 0.496. The van der Waals surface area contributed by atoms with Gasteiger partial charge in [0, 0.05) is 12.2 Å². The van der Waals surface area contributed by atoms with E-state index in [1.54, 1.807) is 0 Å². The first-order valence-electron chi connectivity index (χ1n) is 6.46. The van der Waals surface area contributed by atoms with Crippen LogP contribution in [0.1, 0.15) is 63.8 Å². The maximum atomic E-state index is 4.52. The summed E-state index contributed by atoms with van der Waals surface area (Å²) in [5, 5.41) is 3.46. The molecule has 2 rings (SSSR count). The van der Waals surface area contributed by atoms with Gasteiger partial charge >= 0.3 is 0 Å². The second-order valence-corrected chi connectivity index (χ2v) is 4.32. The molecule has 0 bridgehead atoms. The van der Waals surface area contributed by atoms with Gasteiger partial charge in [-0.05, 0) is 36.9 Å². The number of pyridine rings is 1. The molecule has 1 aromatic rings. The highest BCUT2D eigenvalue weighted by Gasteiger charge is 2.16. The van der Waals surface area contributed by atoms with Crippen LogP contribution < -0.4 is 5.32 Å². The number of nitrogens with zero attached hydrogens (tertiary/aromatic N) is 1. The Hall–Kier alpha value is -0.890. The largest absolute Gasteiger partial charge is 0.309 e. The second-order valence-electron chi connectivity index (χ2n) is 4.32. The van der Waals surface area contributed by atoms with E-state index in [9.17, 15) is 0 Å². The quantitative estimate of drug-likeness (QED) is 0.823. The topological polar surface area (TPSA) is 24.9 Å². The van der Waals surface area contributed by atoms with Crippen molar-refractivity contribution in [1.29, 1.82) is 0 Å². The van der Waals surface area contributed by atoms with Crippen LogP contribution in [-0.4, -0.2) is 11.5 Å². The fourth-order valence-corrected chi connectivity index (χ4v) is 1.90. The lowest BCUT2D eigenvalue weighted by Gasteiger charge is -2.11. The average molecular weight is 220 g/mol. The molecule has 1 fully saturated rings. The summed E-state index contributed by atoms with van der Waals surface area (Å²) >= 11 is 0. The lowest BCUT2D eigenvalue weighted by atomic mass is 10.0. The molecule has 0 saturated carbocycles. The number of hydrogen-bond acceptors (Lipinski definition) is 2. The Labute approximate surface area is 99.5 Å². The highest BCUT2D eigenvalue weighted by atomic mass is 15.0. The van der Waals surface area contributed by atoms with E-state index in [1.807, 2.05) is 20.0 Å². The molecular weight excluding hydrogens is 196 g/mol. The third-order valence-corrected chi connectivity index (χ3v) is 2.89. The van der Waals surface area contributed by atoms with Crippen LogP contribution in [0.4, 0.5) is 0 Å². The first-order chi connectivity index (χ1) is 7.77. The molecule has 1 N–H and O–H groups in total. The minimum absolute atomic E-state index is 0.496. The van der Waals surface area contributed by atoms with E-state index < -0.39 is 0 Å². The third-order valence-electron chi connectivity index (χ3n) is 2.89. The summed E-state index contributed by atoms with van der Waals surface area (Å²) in [6, 6.07) is 4.86. The van der Waals surface area contributed by atoms with Crippen molar-refractivity contribution in [3.05, 3.63) is 29.6 Å². The van der Waals surface area contributed by atoms with Crippen LogP contribution in [0.15, 0.2) is 18.3 Å². The number of nitrogens with one attached hydrogen (secondary N) is 1. The van der Waals surface area contributed by atoms with Gasteiger partial charge in [-0.25, -0.2) is 0 Å². The molecule has 1 aliphatic heterocycles. The van der Waals surface area contributed by atoms with Gasteiger partial charge in [0.25, 0.3) is 0 Å². The molecule has 16 heavy (non-hydrogen) atoms. The zero-order valence-electron chi connectivity index (χ0n) is 11.0. The van der Waals surface area contributed by atoms with Gasteiger partial charge in [0.1, 0.15) is 0 Å². The van der Waals surface area contributed by atoms with Crippen molar-refractivity contribution in [2.75, 3.05) is 6.54 Å². The van der Waals surface area contributed by atoms with Gasteiger partial charge in [0.2, 0.25) is 0 Å². The highest BCUT2D eigenvalue weighted by Crippen LogP contribution is 2.22. The van der Waals surface area contributed by atoms with Crippen molar-refractivity contribution < 1.29 is 0 Å². The van der Waals surface area contributed by atoms with Gasteiger partial charge in [-0.2, -0.15) is 0 Å². The predicted molar refractivity (Wildman–Crippen MR) is 69.7 cm³/mol. The van der Waals surface area contributed by atoms with Crippen molar-refractivity contribution in [3.63, 3.8) is 0 Å². The zero-order chi connectivity index (χ0) is 12.0. The van der Waals surface area contributed by atoms with Crippen molar-refractivity contribution in [2.24, 2.45) is 0 Å². The molecule has 2 heteroatoms. The van der Waals surface area contributed by atoms with Crippen molar-refractivity contribution >= 4 is 0 Å².